The highest BCUT2D eigenvalue weighted by atomic mass is 16.4. The number of aromatic nitrogens is 2. The number of rotatable bonds is 3. The first-order valence-corrected chi connectivity index (χ1v) is 6.31. The van der Waals surface area contributed by atoms with Gasteiger partial charge in [0.15, 0.2) is 0 Å². The van der Waals surface area contributed by atoms with Crippen LogP contribution in [0.2, 0.25) is 0 Å². The van der Waals surface area contributed by atoms with E-state index >= 15 is 0 Å². The molecule has 0 saturated heterocycles. The maximum atomic E-state index is 10.3. The minimum absolute atomic E-state index is 0.402. The summed E-state index contributed by atoms with van der Waals surface area (Å²) in [7, 11) is 0. The first-order chi connectivity index (χ1) is 9.13. The molecule has 2 heterocycles. The van der Waals surface area contributed by atoms with Gasteiger partial charge in [0.25, 0.3) is 0 Å². The van der Waals surface area contributed by atoms with Gasteiger partial charge in [-0.25, -0.2) is 0 Å². The maximum Gasteiger partial charge on any atom is 0.135 e. The van der Waals surface area contributed by atoms with E-state index in [4.69, 9.17) is 4.42 Å². The molecule has 1 N–H and O–H groups in total. The van der Waals surface area contributed by atoms with Crippen molar-refractivity contribution in [3.63, 3.8) is 0 Å². The molecule has 0 fully saturated rings. The number of aliphatic hydroxyl groups excluding tert-OH is 1. The van der Waals surface area contributed by atoms with Gasteiger partial charge >= 0.3 is 0 Å². The Labute approximate surface area is 111 Å². The second-order valence-corrected chi connectivity index (χ2v) is 4.81. The molecule has 0 radical (unpaired) electrons. The number of hydrogen-bond acceptors (Lipinski definition) is 3. The summed E-state index contributed by atoms with van der Waals surface area (Å²) in [5.74, 6) is 0.578. The smallest absolute Gasteiger partial charge is 0.135 e. The first-order valence-electron chi connectivity index (χ1n) is 6.31. The monoisotopic (exact) mass is 256 g/mol. The predicted molar refractivity (Wildman–Crippen MR) is 72.9 cm³/mol. The number of fused-ring (bicyclic) bond motifs is 1. The molecule has 19 heavy (non-hydrogen) atoms. The SMILES string of the molecule is Cc1cc(C)n(CC(O)c2cc3ccccc3o2)n1. The molecule has 0 bridgehead atoms. The molecule has 2 aromatic heterocycles. The normalized spacial score (nSPS) is 13.0. The van der Waals surface area contributed by atoms with Crippen LogP contribution in [0, 0.1) is 13.8 Å². The molecule has 0 saturated carbocycles. The first kappa shape index (κ1) is 12.0. The lowest BCUT2D eigenvalue weighted by atomic mass is 10.2. The molecule has 98 valence electrons. The van der Waals surface area contributed by atoms with Crippen LogP contribution < -0.4 is 0 Å². The third kappa shape index (κ3) is 2.27. The molecular weight excluding hydrogens is 240 g/mol. The zero-order valence-electron chi connectivity index (χ0n) is 11.0. The number of para-hydroxylation sites is 1. The second-order valence-electron chi connectivity index (χ2n) is 4.81. The molecule has 1 atom stereocenters. The molecule has 3 aromatic rings. The molecule has 1 aromatic carbocycles. The van der Waals surface area contributed by atoms with Crippen LogP contribution >= 0.6 is 0 Å². The van der Waals surface area contributed by atoms with Gasteiger partial charge < -0.3 is 9.52 Å². The van der Waals surface area contributed by atoms with Gasteiger partial charge in [0.1, 0.15) is 17.4 Å². The van der Waals surface area contributed by atoms with Gasteiger partial charge in [-0.05, 0) is 32.0 Å². The van der Waals surface area contributed by atoms with Crippen LogP contribution in [0.5, 0.6) is 0 Å². The van der Waals surface area contributed by atoms with Crippen LogP contribution in [0.4, 0.5) is 0 Å². The van der Waals surface area contributed by atoms with E-state index in [1.807, 2.05) is 50.2 Å². The Kier molecular flexibility index (Phi) is 2.87. The fourth-order valence-electron chi connectivity index (χ4n) is 2.28. The highest BCUT2D eigenvalue weighted by molar-refractivity contribution is 5.77. The van der Waals surface area contributed by atoms with Gasteiger partial charge in [-0.2, -0.15) is 5.10 Å². The van der Waals surface area contributed by atoms with Crippen LogP contribution in [-0.4, -0.2) is 14.9 Å². The lowest BCUT2D eigenvalue weighted by Gasteiger charge is -2.09. The van der Waals surface area contributed by atoms with Gasteiger partial charge in [-0.15, -0.1) is 0 Å². The van der Waals surface area contributed by atoms with E-state index in [0.717, 1.165) is 22.4 Å². The average molecular weight is 256 g/mol. The summed E-state index contributed by atoms with van der Waals surface area (Å²) in [6.07, 6.45) is -0.689. The van der Waals surface area contributed by atoms with Crippen molar-refractivity contribution in [2.45, 2.75) is 26.5 Å². The van der Waals surface area contributed by atoms with Crippen molar-refractivity contribution in [3.05, 3.63) is 53.5 Å². The van der Waals surface area contributed by atoms with Crippen LogP contribution in [0.25, 0.3) is 11.0 Å². The van der Waals surface area contributed by atoms with Crippen molar-refractivity contribution in [3.8, 4) is 0 Å². The minimum Gasteiger partial charge on any atom is -0.458 e. The Bertz CT molecular complexity index is 679. The molecule has 0 amide bonds. The summed E-state index contributed by atoms with van der Waals surface area (Å²) in [6.45, 7) is 4.32. The Hall–Kier alpha value is -2.07. The quantitative estimate of drug-likeness (QED) is 0.783. The molecule has 0 aliphatic rings. The Morgan fingerprint density at radius 3 is 2.74 bits per heavy atom. The molecule has 0 aliphatic carbocycles. The second kappa shape index (κ2) is 4.55. The molecular formula is C15H16N2O2. The maximum absolute atomic E-state index is 10.3. The van der Waals surface area contributed by atoms with Crippen LogP contribution in [0.1, 0.15) is 23.3 Å². The van der Waals surface area contributed by atoms with Crippen molar-refractivity contribution < 1.29 is 9.52 Å². The Morgan fingerprint density at radius 2 is 2.05 bits per heavy atom. The summed E-state index contributed by atoms with van der Waals surface area (Å²) < 4.78 is 7.46. The third-order valence-corrected chi connectivity index (χ3v) is 3.22. The number of nitrogens with zero attached hydrogens (tertiary/aromatic N) is 2. The van der Waals surface area contributed by atoms with Gasteiger partial charge in [0.2, 0.25) is 0 Å². The number of benzene rings is 1. The molecule has 4 nitrogen and oxygen atoms in total. The summed E-state index contributed by atoms with van der Waals surface area (Å²) in [6, 6.07) is 11.6. The van der Waals surface area contributed by atoms with E-state index in [-0.39, 0.29) is 0 Å². The van der Waals surface area contributed by atoms with Gasteiger partial charge in [-0.3, -0.25) is 4.68 Å². The number of hydrogen-bond donors (Lipinski definition) is 1. The van der Waals surface area contributed by atoms with Crippen molar-refractivity contribution in [1.82, 2.24) is 9.78 Å². The van der Waals surface area contributed by atoms with Crippen LogP contribution in [0.3, 0.4) is 0 Å². The largest absolute Gasteiger partial charge is 0.458 e. The van der Waals surface area contributed by atoms with E-state index in [2.05, 4.69) is 5.10 Å². The van der Waals surface area contributed by atoms with Gasteiger partial charge in [0, 0.05) is 11.1 Å². The molecule has 0 aliphatic heterocycles. The number of aliphatic hydroxyl groups is 1. The predicted octanol–water partition coefficient (Wildman–Crippen LogP) is 2.98. The van der Waals surface area contributed by atoms with E-state index in [0.29, 0.717) is 12.3 Å². The fourth-order valence-corrected chi connectivity index (χ4v) is 2.28. The van der Waals surface area contributed by atoms with Crippen molar-refractivity contribution in [2.75, 3.05) is 0 Å². The number of aryl methyl sites for hydroxylation is 2. The van der Waals surface area contributed by atoms with Gasteiger partial charge in [0.05, 0.1) is 12.2 Å². The lowest BCUT2D eigenvalue weighted by molar-refractivity contribution is 0.127. The van der Waals surface area contributed by atoms with E-state index < -0.39 is 6.10 Å². The summed E-state index contributed by atoms with van der Waals surface area (Å²) in [4.78, 5) is 0. The molecule has 0 spiro atoms. The van der Waals surface area contributed by atoms with Gasteiger partial charge in [-0.1, -0.05) is 18.2 Å². The highest BCUT2D eigenvalue weighted by Gasteiger charge is 2.15. The summed E-state index contributed by atoms with van der Waals surface area (Å²) in [5.41, 5.74) is 2.78. The Balaban J connectivity index is 1.87. The number of furan rings is 1. The topological polar surface area (TPSA) is 51.2 Å². The fraction of sp³-hybridized carbons (Fsp3) is 0.267. The molecule has 1 unspecified atom stereocenters. The standard InChI is InChI=1S/C15H16N2O2/c1-10-7-11(2)17(16-10)9-13(18)15-8-12-5-3-4-6-14(12)19-15/h3-8,13,18H,9H2,1-2H3. The third-order valence-electron chi connectivity index (χ3n) is 3.22. The lowest BCUT2D eigenvalue weighted by Crippen LogP contribution is -2.10. The summed E-state index contributed by atoms with van der Waals surface area (Å²) >= 11 is 0. The molecule has 4 heteroatoms. The van der Waals surface area contributed by atoms with Crippen molar-refractivity contribution in [2.24, 2.45) is 0 Å². The van der Waals surface area contributed by atoms with Crippen molar-refractivity contribution >= 4 is 11.0 Å². The minimum atomic E-state index is -0.689. The summed E-state index contributed by atoms with van der Waals surface area (Å²) in [5, 5.41) is 15.6. The highest BCUT2D eigenvalue weighted by Crippen LogP contribution is 2.24. The molecule has 3 rings (SSSR count). The zero-order chi connectivity index (χ0) is 13.4. The Morgan fingerprint density at radius 1 is 1.26 bits per heavy atom. The van der Waals surface area contributed by atoms with Crippen LogP contribution in [-0.2, 0) is 6.54 Å². The van der Waals surface area contributed by atoms with E-state index in [1.165, 1.54) is 0 Å². The van der Waals surface area contributed by atoms with Crippen LogP contribution in [0.15, 0.2) is 40.8 Å². The zero-order valence-corrected chi connectivity index (χ0v) is 11.0. The average Bonchev–Trinajstić information content (AvgIpc) is 2.93. The van der Waals surface area contributed by atoms with E-state index in [9.17, 15) is 5.11 Å². The van der Waals surface area contributed by atoms with E-state index in [1.54, 1.807) is 4.68 Å². The van der Waals surface area contributed by atoms with Crippen molar-refractivity contribution in [1.29, 1.82) is 0 Å².